The maximum Gasteiger partial charge on any atom is 0.323 e. The summed E-state index contributed by atoms with van der Waals surface area (Å²) in [4.78, 5) is 45.0. The van der Waals surface area contributed by atoms with Gasteiger partial charge in [0.1, 0.15) is 12.6 Å². The number of aliphatic carboxylic acids is 1. The molecule has 0 spiro atoms. The largest absolute Gasteiger partial charge is 0.480 e. The third kappa shape index (κ3) is 7.32. The quantitative estimate of drug-likeness (QED) is 0.321. The predicted octanol–water partition coefficient (Wildman–Crippen LogP) is 4.25. The first-order valence-electron chi connectivity index (χ1n) is 12.5. The lowest BCUT2D eigenvalue weighted by molar-refractivity contribution is -0.135. The van der Waals surface area contributed by atoms with Gasteiger partial charge in [0.25, 0.3) is 5.91 Å². The Morgan fingerprint density at radius 3 is 2.71 bits per heavy atom. The van der Waals surface area contributed by atoms with Gasteiger partial charge in [0.2, 0.25) is 5.91 Å². The lowest BCUT2D eigenvalue weighted by Gasteiger charge is -2.23. The fraction of sp³-hybridized carbons (Fsp3) is 0.423. The summed E-state index contributed by atoms with van der Waals surface area (Å²) in [5.74, 6) is -1.21. The Labute approximate surface area is 230 Å². The van der Waals surface area contributed by atoms with Crippen LogP contribution in [-0.4, -0.2) is 50.2 Å². The summed E-state index contributed by atoms with van der Waals surface area (Å²) in [7, 11) is 1.77. The monoisotopic (exact) mass is 558 g/mol. The van der Waals surface area contributed by atoms with Crippen molar-refractivity contribution in [3.8, 4) is 0 Å². The molecule has 1 saturated carbocycles. The molecular weight excluding hydrogens is 528 g/mol. The fourth-order valence-electron chi connectivity index (χ4n) is 4.74. The number of hydrogen-bond donors (Lipinski definition) is 3. The van der Waals surface area contributed by atoms with Crippen LogP contribution in [0.5, 0.6) is 0 Å². The van der Waals surface area contributed by atoms with Crippen molar-refractivity contribution >= 4 is 52.1 Å². The highest BCUT2D eigenvalue weighted by Crippen LogP contribution is 2.30. The van der Waals surface area contributed by atoms with E-state index in [1.807, 2.05) is 0 Å². The Kier molecular flexibility index (Phi) is 9.01. The van der Waals surface area contributed by atoms with E-state index < -0.39 is 12.0 Å². The summed E-state index contributed by atoms with van der Waals surface area (Å²) in [6.45, 7) is 1.80. The standard InChI is InChI=1S/C26H31ClN6O4S/c1-16-22(10-18(27)11-28-16)33(15-24(34)35)14-20-7-8-23(38-20)26(37)31-21(9-17-5-3-4-6-17)25(36)30-19-12-29-32(2)13-19/h7-8,10-13,17,21H,3-6,9,14-15H2,1-2H3,(H,30,36)(H,31,37)(H,34,35)/t21-/m0/s1. The van der Waals surface area contributed by atoms with E-state index in [0.29, 0.717) is 39.3 Å². The predicted molar refractivity (Wildman–Crippen MR) is 147 cm³/mol. The van der Waals surface area contributed by atoms with E-state index >= 15 is 0 Å². The van der Waals surface area contributed by atoms with Gasteiger partial charge in [0, 0.05) is 24.3 Å². The van der Waals surface area contributed by atoms with Crippen LogP contribution >= 0.6 is 22.9 Å². The first-order chi connectivity index (χ1) is 18.2. The number of pyridine rings is 1. The van der Waals surface area contributed by atoms with Crippen molar-refractivity contribution in [2.45, 2.75) is 51.6 Å². The summed E-state index contributed by atoms with van der Waals surface area (Å²) in [6.07, 6.45) is 9.73. The van der Waals surface area contributed by atoms with Crippen LogP contribution in [0.25, 0.3) is 0 Å². The Hall–Kier alpha value is -3.44. The lowest BCUT2D eigenvalue weighted by Crippen LogP contribution is -2.44. The molecule has 4 rings (SSSR count). The molecule has 2 amide bonds. The zero-order valence-electron chi connectivity index (χ0n) is 21.3. The normalized spacial score (nSPS) is 14.3. The van der Waals surface area contributed by atoms with E-state index in [-0.39, 0.29) is 24.9 Å². The van der Waals surface area contributed by atoms with E-state index in [2.05, 4.69) is 20.7 Å². The average Bonchev–Trinajstić information content (AvgIpc) is 3.62. The molecule has 0 bridgehead atoms. The van der Waals surface area contributed by atoms with Crippen LogP contribution < -0.4 is 15.5 Å². The molecule has 0 aromatic carbocycles. The number of amides is 2. The fourth-order valence-corrected chi connectivity index (χ4v) is 5.81. The minimum Gasteiger partial charge on any atom is -0.480 e. The van der Waals surface area contributed by atoms with Crippen molar-refractivity contribution in [1.82, 2.24) is 20.1 Å². The molecule has 0 radical (unpaired) electrons. The van der Waals surface area contributed by atoms with Gasteiger partial charge in [-0.25, -0.2) is 0 Å². The molecule has 0 saturated heterocycles. The number of rotatable bonds is 11. The minimum absolute atomic E-state index is 0.250. The highest BCUT2D eigenvalue weighted by molar-refractivity contribution is 7.14. The molecule has 1 aliphatic rings. The molecule has 3 aromatic rings. The van der Waals surface area contributed by atoms with Gasteiger partial charge in [-0.15, -0.1) is 11.3 Å². The SMILES string of the molecule is Cc1ncc(Cl)cc1N(CC(=O)O)Cc1ccc(C(=O)N[C@@H](CC2CCCC2)C(=O)Nc2cnn(C)c2)s1. The van der Waals surface area contributed by atoms with Crippen molar-refractivity contribution in [3.05, 3.63) is 57.3 Å². The number of anilines is 2. The van der Waals surface area contributed by atoms with Crippen molar-refractivity contribution in [2.24, 2.45) is 13.0 Å². The van der Waals surface area contributed by atoms with Crippen LogP contribution in [0, 0.1) is 12.8 Å². The number of hydrogen-bond acceptors (Lipinski definition) is 7. The molecule has 3 N–H and O–H groups in total. The summed E-state index contributed by atoms with van der Waals surface area (Å²) >= 11 is 7.37. The van der Waals surface area contributed by atoms with E-state index in [4.69, 9.17) is 11.6 Å². The Morgan fingerprint density at radius 1 is 1.26 bits per heavy atom. The van der Waals surface area contributed by atoms with Crippen molar-refractivity contribution < 1.29 is 19.5 Å². The first kappa shape index (κ1) is 27.6. The van der Waals surface area contributed by atoms with E-state index in [0.717, 1.165) is 30.6 Å². The summed E-state index contributed by atoms with van der Waals surface area (Å²) in [6, 6.07) is 4.50. The number of aryl methyl sites for hydroxylation is 2. The second-order valence-corrected chi connectivity index (χ2v) is 11.2. The number of nitrogens with zero attached hydrogens (tertiary/aromatic N) is 4. The molecule has 1 fully saturated rings. The van der Waals surface area contributed by atoms with Crippen LogP contribution in [0.2, 0.25) is 5.02 Å². The molecular formula is C26H31ClN6O4S. The second-order valence-electron chi connectivity index (χ2n) is 9.58. The van der Waals surface area contributed by atoms with Crippen molar-refractivity contribution in [2.75, 3.05) is 16.8 Å². The Bertz CT molecular complexity index is 1300. The third-order valence-corrected chi connectivity index (χ3v) is 7.84. The maximum absolute atomic E-state index is 13.2. The zero-order chi connectivity index (χ0) is 27.2. The number of carbonyl (C=O) groups is 3. The third-order valence-electron chi connectivity index (χ3n) is 6.56. The van der Waals surface area contributed by atoms with Gasteiger partial charge in [0.15, 0.2) is 0 Å². The molecule has 10 nitrogen and oxygen atoms in total. The summed E-state index contributed by atoms with van der Waals surface area (Å²) < 4.78 is 1.60. The van der Waals surface area contributed by atoms with E-state index in [1.165, 1.54) is 17.5 Å². The molecule has 0 aliphatic heterocycles. The van der Waals surface area contributed by atoms with E-state index in [1.54, 1.807) is 54.1 Å². The summed E-state index contributed by atoms with van der Waals surface area (Å²) in [5, 5.41) is 19.7. The molecule has 202 valence electrons. The highest BCUT2D eigenvalue weighted by atomic mass is 35.5. The average molecular weight is 559 g/mol. The van der Waals surface area contributed by atoms with Gasteiger partial charge in [-0.3, -0.25) is 24.0 Å². The van der Waals surface area contributed by atoms with Gasteiger partial charge in [-0.05, 0) is 37.5 Å². The Balaban J connectivity index is 1.47. The number of aromatic nitrogens is 3. The van der Waals surface area contributed by atoms with Gasteiger partial charge in [-0.2, -0.15) is 5.10 Å². The number of thiophene rings is 1. The zero-order valence-corrected chi connectivity index (χ0v) is 22.9. The number of nitrogens with one attached hydrogen (secondary N) is 2. The molecule has 38 heavy (non-hydrogen) atoms. The van der Waals surface area contributed by atoms with Gasteiger partial charge >= 0.3 is 5.97 Å². The van der Waals surface area contributed by atoms with Crippen molar-refractivity contribution in [3.63, 3.8) is 0 Å². The second kappa shape index (κ2) is 12.4. The van der Waals surface area contributed by atoms with Gasteiger partial charge in [0.05, 0.1) is 39.7 Å². The van der Waals surface area contributed by atoms with Crippen molar-refractivity contribution in [1.29, 1.82) is 0 Å². The van der Waals surface area contributed by atoms with Crippen LogP contribution in [0.1, 0.15) is 52.3 Å². The smallest absolute Gasteiger partial charge is 0.323 e. The number of carboxylic acids is 1. The van der Waals surface area contributed by atoms with Crippen LogP contribution in [0.4, 0.5) is 11.4 Å². The number of halogens is 1. The molecule has 1 atom stereocenters. The summed E-state index contributed by atoms with van der Waals surface area (Å²) in [5.41, 5.74) is 1.84. The number of carbonyl (C=O) groups excluding carboxylic acids is 2. The lowest BCUT2D eigenvalue weighted by atomic mass is 9.97. The maximum atomic E-state index is 13.2. The first-order valence-corrected chi connectivity index (χ1v) is 13.7. The molecule has 12 heteroatoms. The molecule has 0 unspecified atom stereocenters. The molecule has 3 heterocycles. The van der Waals surface area contributed by atoms with Gasteiger partial charge < -0.3 is 20.6 Å². The minimum atomic E-state index is -0.992. The number of carboxylic acid groups (broad SMARTS) is 1. The van der Waals surface area contributed by atoms with Crippen LogP contribution in [0.15, 0.2) is 36.8 Å². The topological polar surface area (TPSA) is 129 Å². The van der Waals surface area contributed by atoms with Crippen LogP contribution in [0.3, 0.4) is 0 Å². The van der Waals surface area contributed by atoms with Gasteiger partial charge in [-0.1, -0.05) is 37.3 Å². The molecule has 1 aliphatic carbocycles. The molecule has 3 aromatic heterocycles. The van der Waals surface area contributed by atoms with E-state index in [9.17, 15) is 19.5 Å². The van der Waals surface area contributed by atoms with Crippen LogP contribution in [-0.2, 0) is 23.2 Å². The highest BCUT2D eigenvalue weighted by Gasteiger charge is 2.28. The Morgan fingerprint density at radius 2 is 2.03 bits per heavy atom.